The molecule has 2 aromatic carbocycles. The van der Waals surface area contributed by atoms with Crippen molar-refractivity contribution in [2.24, 2.45) is 0 Å². The van der Waals surface area contributed by atoms with E-state index in [0.29, 0.717) is 12.3 Å². The van der Waals surface area contributed by atoms with E-state index < -0.39 is 6.04 Å². The summed E-state index contributed by atoms with van der Waals surface area (Å²) in [6, 6.07) is 13.4. The fourth-order valence-electron chi connectivity index (χ4n) is 3.21. The molecule has 1 unspecified atom stereocenters. The average Bonchev–Trinajstić information content (AvgIpc) is 2.70. The van der Waals surface area contributed by atoms with Gasteiger partial charge in [-0.2, -0.15) is 0 Å². The molecule has 0 aliphatic carbocycles. The number of carbonyl (C=O) groups is 2. The largest absolute Gasteiger partial charge is 0.497 e. The van der Waals surface area contributed by atoms with Crippen LogP contribution in [0.2, 0.25) is 0 Å². The summed E-state index contributed by atoms with van der Waals surface area (Å²) in [7, 11) is 3.20. The van der Waals surface area contributed by atoms with Crippen molar-refractivity contribution in [3.05, 3.63) is 64.7 Å². The van der Waals surface area contributed by atoms with Gasteiger partial charge in [-0.25, -0.2) is 0 Å². The summed E-state index contributed by atoms with van der Waals surface area (Å²) < 4.78 is 5.19. The lowest BCUT2D eigenvalue weighted by molar-refractivity contribution is -0.138. The van der Waals surface area contributed by atoms with Crippen molar-refractivity contribution in [1.82, 2.24) is 10.2 Å². The molecule has 2 amide bonds. The van der Waals surface area contributed by atoms with E-state index in [1.807, 2.05) is 24.3 Å². The zero-order chi connectivity index (χ0) is 21.4. The topological polar surface area (TPSA) is 58.6 Å². The molecule has 0 fully saturated rings. The Bertz CT molecular complexity index is 816. The number of methoxy groups -OCH3 is 1. The number of likely N-dealkylation sites (N-methyl/N-ethyl adjacent to an activating group) is 1. The smallest absolute Gasteiger partial charge is 0.242 e. The minimum Gasteiger partial charge on any atom is -0.497 e. The number of hydrogen-bond acceptors (Lipinski definition) is 4. The standard InChI is InChI=1S/C23H30N2O3S/c1-16-10-17(2)12-20(11-16)14-29-15-22(26)25(18(3)23(27)24-4)13-19-6-8-21(28-5)9-7-19/h6-12,18H,13-15H2,1-5H3,(H,24,27). The van der Waals surface area contributed by atoms with Gasteiger partial charge in [-0.3, -0.25) is 9.59 Å². The number of nitrogens with zero attached hydrogens (tertiary/aromatic N) is 1. The zero-order valence-electron chi connectivity index (χ0n) is 17.8. The number of nitrogens with one attached hydrogen (secondary N) is 1. The molecule has 29 heavy (non-hydrogen) atoms. The van der Waals surface area contributed by atoms with Gasteiger partial charge < -0.3 is 15.0 Å². The number of hydrogen-bond donors (Lipinski definition) is 1. The van der Waals surface area contributed by atoms with E-state index in [4.69, 9.17) is 4.74 Å². The quantitative estimate of drug-likeness (QED) is 0.680. The molecule has 0 aliphatic heterocycles. The van der Waals surface area contributed by atoms with Crippen LogP contribution < -0.4 is 10.1 Å². The third-order valence-electron chi connectivity index (χ3n) is 4.70. The molecule has 0 radical (unpaired) electrons. The molecule has 5 nitrogen and oxygen atoms in total. The molecule has 0 aliphatic rings. The number of benzene rings is 2. The van der Waals surface area contributed by atoms with Crippen LogP contribution in [0.25, 0.3) is 0 Å². The number of rotatable bonds is 9. The maximum absolute atomic E-state index is 13.0. The summed E-state index contributed by atoms with van der Waals surface area (Å²) in [6.45, 7) is 6.29. The second kappa shape index (κ2) is 10.9. The summed E-state index contributed by atoms with van der Waals surface area (Å²) in [5.41, 5.74) is 4.61. The summed E-state index contributed by atoms with van der Waals surface area (Å²) in [6.07, 6.45) is 0. The Morgan fingerprint density at radius 3 is 2.24 bits per heavy atom. The number of thioether (sulfide) groups is 1. The number of aryl methyl sites for hydroxylation is 2. The molecule has 0 saturated heterocycles. The third kappa shape index (κ3) is 6.82. The molecule has 2 aromatic rings. The van der Waals surface area contributed by atoms with E-state index in [9.17, 15) is 9.59 Å². The minimum absolute atomic E-state index is 0.0497. The Labute approximate surface area is 177 Å². The van der Waals surface area contributed by atoms with Crippen molar-refractivity contribution in [3.63, 3.8) is 0 Å². The first-order valence-electron chi connectivity index (χ1n) is 9.63. The van der Waals surface area contributed by atoms with Gasteiger partial charge in [0.15, 0.2) is 0 Å². The lowest BCUT2D eigenvalue weighted by atomic mass is 10.1. The van der Waals surface area contributed by atoms with E-state index in [1.54, 1.807) is 37.7 Å². The molecule has 6 heteroatoms. The molecule has 156 valence electrons. The van der Waals surface area contributed by atoms with Gasteiger partial charge in [-0.1, -0.05) is 41.5 Å². The highest BCUT2D eigenvalue weighted by molar-refractivity contribution is 7.99. The van der Waals surface area contributed by atoms with Gasteiger partial charge in [-0.05, 0) is 44.0 Å². The summed E-state index contributed by atoms with van der Waals surface area (Å²) >= 11 is 1.57. The highest BCUT2D eigenvalue weighted by Crippen LogP contribution is 2.19. The van der Waals surface area contributed by atoms with Crippen molar-refractivity contribution in [1.29, 1.82) is 0 Å². The fourth-order valence-corrected chi connectivity index (χ4v) is 4.06. The Kier molecular flexibility index (Phi) is 8.58. The molecule has 0 saturated carbocycles. The predicted molar refractivity (Wildman–Crippen MR) is 119 cm³/mol. The van der Waals surface area contributed by atoms with Crippen LogP contribution in [0.4, 0.5) is 0 Å². The van der Waals surface area contributed by atoms with E-state index in [2.05, 4.69) is 37.4 Å². The first-order valence-corrected chi connectivity index (χ1v) is 10.8. The molecule has 2 rings (SSSR count). The van der Waals surface area contributed by atoms with Gasteiger partial charge in [0.05, 0.1) is 12.9 Å². The summed E-state index contributed by atoms with van der Waals surface area (Å²) in [5, 5.41) is 2.64. The molecule has 1 N–H and O–H groups in total. The van der Waals surface area contributed by atoms with Gasteiger partial charge >= 0.3 is 0 Å². The third-order valence-corrected chi connectivity index (χ3v) is 5.69. The molecule has 0 spiro atoms. The van der Waals surface area contributed by atoms with Gasteiger partial charge in [0.1, 0.15) is 11.8 Å². The molecule has 0 bridgehead atoms. The fraction of sp³-hybridized carbons (Fsp3) is 0.391. The van der Waals surface area contributed by atoms with E-state index in [1.165, 1.54) is 16.7 Å². The van der Waals surface area contributed by atoms with E-state index >= 15 is 0 Å². The maximum atomic E-state index is 13.0. The minimum atomic E-state index is -0.545. The SMILES string of the molecule is CNC(=O)C(C)N(Cc1ccc(OC)cc1)C(=O)CSCc1cc(C)cc(C)c1. The van der Waals surface area contributed by atoms with E-state index in [0.717, 1.165) is 17.1 Å². The lowest BCUT2D eigenvalue weighted by Crippen LogP contribution is -2.47. The monoisotopic (exact) mass is 414 g/mol. The highest BCUT2D eigenvalue weighted by atomic mass is 32.2. The molecule has 0 heterocycles. The van der Waals surface area contributed by atoms with Crippen molar-refractivity contribution in [3.8, 4) is 5.75 Å². The van der Waals surface area contributed by atoms with Crippen LogP contribution >= 0.6 is 11.8 Å². The van der Waals surface area contributed by atoms with Crippen LogP contribution in [0, 0.1) is 13.8 Å². The van der Waals surface area contributed by atoms with Crippen LogP contribution in [0.15, 0.2) is 42.5 Å². The maximum Gasteiger partial charge on any atom is 0.242 e. The van der Waals surface area contributed by atoms with Gasteiger partial charge in [0.25, 0.3) is 0 Å². The van der Waals surface area contributed by atoms with Gasteiger partial charge in [0, 0.05) is 19.3 Å². The lowest BCUT2D eigenvalue weighted by Gasteiger charge is -2.28. The van der Waals surface area contributed by atoms with Crippen LogP contribution in [-0.2, 0) is 21.9 Å². The van der Waals surface area contributed by atoms with Crippen molar-refractivity contribution in [2.75, 3.05) is 19.9 Å². The number of ether oxygens (including phenoxy) is 1. The summed E-state index contributed by atoms with van der Waals surface area (Å²) in [5.74, 6) is 1.62. The molecule has 0 aromatic heterocycles. The van der Waals surface area contributed by atoms with Crippen LogP contribution in [0.5, 0.6) is 5.75 Å². The highest BCUT2D eigenvalue weighted by Gasteiger charge is 2.25. The first-order chi connectivity index (χ1) is 13.8. The zero-order valence-corrected chi connectivity index (χ0v) is 18.6. The van der Waals surface area contributed by atoms with Gasteiger partial charge in [-0.15, -0.1) is 11.8 Å². The Morgan fingerprint density at radius 2 is 1.69 bits per heavy atom. The second-order valence-corrected chi connectivity index (χ2v) is 8.13. The normalized spacial score (nSPS) is 11.6. The predicted octanol–water partition coefficient (Wildman–Crippen LogP) is 3.71. The van der Waals surface area contributed by atoms with E-state index in [-0.39, 0.29) is 11.8 Å². The van der Waals surface area contributed by atoms with Crippen molar-refractivity contribution >= 4 is 23.6 Å². The molecular weight excluding hydrogens is 384 g/mol. The Morgan fingerprint density at radius 1 is 1.07 bits per heavy atom. The Hall–Kier alpha value is -2.47. The molecule has 1 atom stereocenters. The van der Waals surface area contributed by atoms with Crippen LogP contribution in [0.3, 0.4) is 0 Å². The Balaban J connectivity index is 2.05. The van der Waals surface area contributed by atoms with Crippen molar-refractivity contribution < 1.29 is 14.3 Å². The van der Waals surface area contributed by atoms with Crippen molar-refractivity contribution in [2.45, 2.75) is 39.1 Å². The average molecular weight is 415 g/mol. The number of amides is 2. The van der Waals surface area contributed by atoms with Gasteiger partial charge in [0.2, 0.25) is 11.8 Å². The summed E-state index contributed by atoms with van der Waals surface area (Å²) in [4.78, 5) is 26.8. The molecular formula is C23H30N2O3S. The van der Waals surface area contributed by atoms with Crippen LogP contribution in [-0.4, -0.2) is 42.7 Å². The number of carbonyl (C=O) groups excluding carboxylic acids is 2. The second-order valence-electron chi connectivity index (χ2n) is 7.15. The van der Waals surface area contributed by atoms with Crippen LogP contribution in [0.1, 0.15) is 29.2 Å². The first kappa shape index (κ1) is 22.8.